The zero-order valence-electron chi connectivity index (χ0n) is 15.7. The Bertz CT molecular complexity index is 901. The van der Waals surface area contributed by atoms with Gasteiger partial charge in [-0.05, 0) is 29.7 Å². The summed E-state index contributed by atoms with van der Waals surface area (Å²) in [5.74, 6) is -0.568. The van der Waals surface area contributed by atoms with E-state index in [9.17, 15) is 9.00 Å². The molecule has 4 nitrogen and oxygen atoms in total. The molecule has 0 aliphatic rings. The van der Waals surface area contributed by atoms with Crippen LogP contribution in [0.3, 0.4) is 0 Å². The van der Waals surface area contributed by atoms with Crippen LogP contribution in [0.4, 0.5) is 0 Å². The molecule has 0 aliphatic heterocycles. The van der Waals surface area contributed by atoms with E-state index in [1.54, 1.807) is 18.3 Å². The Hall–Kier alpha value is -2.79. The molecule has 144 valence electrons. The summed E-state index contributed by atoms with van der Waals surface area (Å²) in [4.78, 5) is 16.5. The number of aromatic nitrogens is 1. The molecule has 28 heavy (non-hydrogen) atoms. The maximum atomic E-state index is 13.5. The number of nitrogens with zero attached hydrogens (tertiary/aromatic N) is 1. The summed E-state index contributed by atoms with van der Waals surface area (Å²) in [7, 11) is -0.00829. The van der Waals surface area contributed by atoms with Crippen molar-refractivity contribution in [1.29, 1.82) is 0 Å². The Kier molecular flexibility index (Phi) is 7.09. The summed E-state index contributed by atoms with van der Waals surface area (Å²) in [6.45, 7) is 0. The van der Waals surface area contributed by atoms with E-state index >= 15 is 0 Å². The van der Waals surface area contributed by atoms with Crippen molar-refractivity contribution in [3.05, 3.63) is 96.2 Å². The lowest BCUT2D eigenvalue weighted by Gasteiger charge is -2.26. The Morgan fingerprint density at radius 1 is 0.964 bits per heavy atom. The number of rotatable bonds is 8. The first-order chi connectivity index (χ1) is 13.7. The van der Waals surface area contributed by atoms with Crippen LogP contribution in [0, 0.1) is 0 Å². The smallest absolute Gasteiger partial charge is 0.306 e. The number of esters is 1. The highest BCUT2D eigenvalue weighted by molar-refractivity contribution is 7.85. The maximum absolute atomic E-state index is 13.5. The van der Waals surface area contributed by atoms with E-state index in [1.165, 1.54) is 7.11 Å². The lowest BCUT2D eigenvalue weighted by Crippen LogP contribution is -2.29. The molecule has 0 amide bonds. The van der Waals surface area contributed by atoms with Gasteiger partial charge in [0.05, 0.1) is 29.6 Å². The molecule has 0 spiro atoms. The highest BCUT2D eigenvalue weighted by atomic mass is 32.2. The number of hydrogen-bond donors (Lipinski definition) is 0. The zero-order valence-corrected chi connectivity index (χ0v) is 16.5. The summed E-state index contributed by atoms with van der Waals surface area (Å²) in [5.41, 5.74) is 2.04. The molecule has 1 aromatic heterocycles. The highest BCUT2D eigenvalue weighted by Gasteiger charge is 2.32. The van der Waals surface area contributed by atoms with Gasteiger partial charge >= 0.3 is 5.97 Å². The minimum Gasteiger partial charge on any atom is -0.469 e. The van der Waals surface area contributed by atoms with Crippen molar-refractivity contribution in [3.8, 4) is 0 Å². The molecule has 0 N–H and O–H groups in total. The summed E-state index contributed by atoms with van der Waals surface area (Å²) in [6.07, 6.45) is 2.38. The van der Waals surface area contributed by atoms with Crippen LogP contribution in [0.5, 0.6) is 0 Å². The van der Waals surface area contributed by atoms with Gasteiger partial charge in [-0.3, -0.25) is 9.00 Å². The van der Waals surface area contributed by atoms with Crippen LogP contribution in [0.15, 0.2) is 90.1 Å². The predicted molar refractivity (Wildman–Crippen MR) is 110 cm³/mol. The largest absolute Gasteiger partial charge is 0.469 e. The molecule has 1 heterocycles. The van der Waals surface area contributed by atoms with Crippen molar-refractivity contribution in [3.63, 3.8) is 0 Å². The quantitative estimate of drug-likeness (QED) is 0.540. The number of methoxy groups -OCH3 is 1. The van der Waals surface area contributed by atoms with E-state index < -0.39 is 10.8 Å². The van der Waals surface area contributed by atoms with E-state index in [1.807, 2.05) is 66.7 Å². The summed E-state index contributed by atoms with van der Waals surface area (Å²) < 4.78 is 18.5. The number of carbonyl (C=O) groups excluding carboxylic acids is 1. The first-order valence-corrected chi connectivity index (χ1v) is 10.4. The Morgan fingerprint density at radius 2 is 1.61 bits per heavy atom. The van der Waals surface area contributed by atoms with Crippen LogP contribution in [0.1, 0.15) is 23.5 Å². The van der Waals surface area contributed by atoms with Crippen molar-refractivity contribution in [2.24, 2.45) is 0 Å². The van der Waals surface area contributed by atoms with Crippen LogP contribution in [-0.4, -0.2) is 27.5 Å². The average Bonchev–Trinajstić information content (AvgIpc) is 2.77. The van der Waals surface area contributed by atoms with Gasteiger partial charge in [-0.2, -0.15) is 0 Å². The minimum absolute atomic E-state index is 0.163. The molecule has 0 aliphatic carbocycles. The second-order valence-corrected chi connectivity index (χ2v) is 8.11. The number of benzene rings is 2. The van der Waals surface area contributed by atoms with E-state index in [-0.39, 0.29) is 23.6 Å². The van der Waals surface area contributed by atoms with Crippen molar-refractivity contribution in [1.82, 2.24) is 4.98 Å². The highest BCUT2D eigenvalue weighted by Crippen LogP contribution is 2.32. The van der Waals surface area contributed by atoms with E-state index in [0.717, 1.165) is 11.1 Å². The van der Waals surface area contributed by atoms with Gasteiger partial charge < -0.3 is 4.74 Å². The third-order valence-corrected chi connectivity index (χ3v) is 6.39. The van der Waals surface area contributed by atoms with Crippen molar-refractivity contribution in [2.45, 2.75) is 29.0 Å². The Balaban J connectivity index is 2.02. The molecular weight excluding hydrogens is 370 g/mol. The van der Waals surface area contributed by atoms with Crippen LogP contribution in [0.25, 0.3) is 0 Å². The molecule has 0 bridgehead atoms. The normalized spacial score (nSPS) is 14.0. The van der Waals surface area contributed by atoms with Gasteiger partial charge in [0.2, 0.25) is 0 Å². The lowest BCUT2D eigenvalue weighted by molar-refractivity contribution is -0.141. The standard InChI is InChI=1S/C23H23NO3S/c1-27-23(25)17-20(19-12-6-3-7-13-19)21(16-18-10-4-2-5-11-18)28(26)22-14-8-9-15-24-22/h2-15,20-21H,16-17H2,1H3/t20-,21+,28?/m1/s1. The topological polar surface area (TPSA) is 56.3 Å². The third kappa shape index (κ3) is 5.14. The summed E-state index contributed by atoms with van der Waals surface area (Å²) in [5, 5.41) is 0.202. The van der Waals surface area contributed by atoms with E-state index in [0.29, 0.717) is 11.4 Å². The first kappa shape index (κ1) is 20.0. The number of carbonyl (C=O) groups is 1. The number of ether oxygens (including phenoxy) is 1. The van der Waals surface area contributed by atoms with Gasteiger partial charge in [0, 0.05) is 12.1 Å². The fourth-order valence-electron chi connectivity index (χ4n) is 3.26. The van der Waals surface area contributed by atoms with E-state index in [4.69, 9.17) is 4.74 Å². The average molecular weight is 394 g/mol. The van der Waals surface area contributed by atoms with Crippen molar-refractivity contribution in [2.75, 3.05) is 7.11 Å². The Labute approximate surface area is 168 Å². The molecule has 3 atom stereocenters. The fraction of sp³-hybridized carbons (Fsp3) is 0.217. The van der Waals surface area contributed by atoms with Crippen molar-refractivity contribution >= 4 is 16.8 Å². The molecule has 3 aromatic rings. The zero-order chi connectivity index (χ0) is 19.8. The van der Waals surface area contributed by atoms with Crippen LogP contribution in [-0.2, 0) is 26.8 Å². The molecule has 0 saturated carbocycles. The van der Waals surface area contributed by atoms with Gasteiger partial charge in [0.15, 0.2) is 0 Å². The van der Waals surface area contributed by atoms with Crippen molar-refractivity contribution < 1.29 is 13.7 Å². The summed E-state index contributed by atoms with van der Waals surface area (Å²) >= 11 is 0. The predicted octanol–water partition coefficient (Wildman–Crippen LogP) is 4.15. The van der Waals surface area contributed by atoms with Gasteiger partial charge in [0.1, 0.15) is 5.03 Å². The van der Waals surface area contributed by atoms with Crippen LogP contribution < -0.4 is 0 Å². The monoisotopic (exact) mass is 393 g/mol. The van der Waals surface area contributed by atoms with E-state index in [2.05, 4.69) is 4.98 Å². The molecule has 5 heteroatoms. The lowest BCUT2D eigenvalue weighted by atomic mass is 9.89. The van der Waals surface area contributed by atoms with Gasteiger partial charge in [0.25, 0.3) is 0 Å². The minimum atomic E-state index is -1.39. The molecule has 0 saturated heterocycles. The third-order valence-electron chi connectivity index (χ3n) is 4.69. The molecule has 1 unspecified atom stereocenters. The molecule has 0 radical (unpaired) electrons. The van der Waals surface area contributed by atoms with Gasteiger partial charge in [-0.25, -0.2) is 4.98 Å². The fourth-order valence-corrected chi connectivity index (χ4v) is 4.85. The maximum Gasteiger partial charge on any atom is 0.306 e. The SMILES string of the molecule is COC(=O)C[C@H](c1ccccc1)[C@H](Cc1ccccc1)S(=O)c1ccccn1. The number of hydrogen-bond acceptors (Lipinski definition) is 4. The Morgan fingerprint density at radius 3 is 2.21 bits per heavy atom. The molecule has 2 aromatic carbocycles. The first-order valence-electron chi connectivity index (χ1n) is 9.16. The second-order valence-electron chi connectivity index (χ2n) is 6.49. The van der Waals surface area contributed by atoms with Gasteiger partial charge in [-0.15, -0.1) is 0 Å². The van der Waals surface area contributed by atoms with Crippen LogP contribution >= 0.6 is 0 Å². The van der Waals surface area contributed by atoms with Crippen LogP contribution in [0.2, 0.25) is 0 Å². The molecular formula is C23H23NO3S. The second kappa shape index (κ2) is 9.95. The molecule has 0 fully saturated rings. The summed E-state index contributed by atoms with van der Waals surface area (Å²) in [6, 6.07) is 25.1. The number of pyridine rings is 1. The van der Waals surface area contributed by atoms with Gasteiger partial charge in [-0.1, -0.05) is 66.7 Å². The molecule has 3 rings (SSSR count).